The molecule has 4 aromatic rings. The lowest BCUT2D eigenvalue weighted by Crippen LogP contribution is -2.20. The number of nitrogens with zero attached hydrogens (tertiary/aromatic N) is 4. The summed E-state index contributed by atoms with van der Waals surface area (Å²) in [5, 5.41) is 0. The number of pyridine rings is 1. The molecule has 0 unspecified atom stereocenters. The number of fused-ring (bicyclic) bond motifs is 1. The topological polar surface area (TPSA) is 61.4 Å². The summed E-state index contributed by atoms with van der Waals surface area (Å²) >= 11 is 0. The molecule has 0 aliphatic heterocycles. The van der Waals surface area contributed by atoms with E-state index in [9.17, 15) is 4.79 Å². The summed E-state index contributed by atoms with van der Waals surface area (Å²) in [5.74, 6) is 0.724. The van der Waals surface area contributed by atoms with Gasteiger partial charge in [0.1, 0.15) is 5.75 Å². The Balaban J connectivity index is 1.76. The Morgan fingerprint density at radius 3 is 2.81 bits per heavy atom. The van der Waals surface area contributed by atoms with E-state index in [0.717, 1.165) is 17.0 Å². The normalized spacial score (nSPS) is 11.3. The Morgan fingerprint density at radius 1 is 1.08 bits per heavy atom. The van der Waals surface area contributed by atoms with Gasteiger partial charge in [0.25, 0.3) is 5.56 Å². The monoisotopic (exact) mass is 344 g/mol. The van der Waals surface area contributed by atoms with Crippen LogP contribution in [0.1, 0.15) is 11.3 Å². The highest BCUT2D eigenvalue weighted by Gasteiger charge is 2.08. The second-order valence-electron chi connectivity index (χ2n) is 5.67. The fourth-order valence-corrected chi connectivity index (χ4v) is 2.74. The molecule has 128 valence electrons. The van der Waals surface area contributed by atoms with Crippen molar-refractivity contribution < 1.29 is 4.74 Å². The van der Waals surface area contributed by atoms with Crippen LogP contribution in [0.3, 0.4) is 0 Å². The predicted octanol–water partition coefficient (Wildman–Crippen LogP) is 3.06. The molecule has 0 radical (unpaired) electrons. The number of hydrogen-bond donors (Lipinski definition) is 0. The van der Waals surface area contributed by atoms with E-state index in [0.29, 0.717) is 11.3 Å². The Hall–Kier alpha value is -3.67. The van der Waals surface area contributed by atoms with Gasteiger partial charge in [0.05, 0.1) is 18.5 Å². The molecule has 6 nitrogen and oxygen atoms in total. The summed E-state index contributed by atoms with van der Waals surface area (Å²) in [4.78, 5) is 21.3. The summed E-state index contributed by atoms with van der Waals surface area (Å²) in [7, 11) is 1.61. The first kappa shape index (κ1) is 15.8. The molecule has 0 aliphatic carbocycles. The van der Waals surface area contributed by atoms with Gasteiger partial charge >= 0.3 is 0 Å². The van der Waals surface area contributed by atoms with Crippen LogP contribution in [0.25, 0.3) is 23.5 Å². The fraction of sp³-hybridized carbons (Fsp3) is 0.0500. The molecule has 3 aromatic heterocycles. The number of ether oxygens (including phenoxy) is 1. The third-order valence-electron chi connectivity index (χ3n) is 3.97. The molecule has 0 bridgehead atoms. The highest BCUT2D eigenvalue weighted by molar-refractivity contribution is 5.68. The molecule has 4 rings (SSSR count). The number of rotatable bonds is 4. The Kier molecular flexibility index (Phi) is 4.07. The van der Waals surface area contributed by atoms with Crippen LogP contribution < -0.4 is 10.3 Å². The van der Waals surface area contributed by atoms with E-state index < -0.39 is 0 Å². The van der Waals surface area contributed by atoms with Crippen LogP contribution in [0.5, 0.6) is 5.75 Å². The van der Waals surface area contributed by atoms with E-state index in [1.165, 1.54) is 10.6 Å². The van der Waals surface area contributed by atoms with E-state index in [1.807, 2.05) is 54.7 Å². The molecule has 26 heavy (non-hydrogen) atoms. The molecule has 0 N–H and O–H groups in total. The van der Waals surface area contributed by atoms with Gasteiger partial charge in [-0.2, -0.15) is 4.52 Å². The SMILES string of the molecule is COc1cccc(-n2ccc3nc(/C=C/c4cccnc4)cc(=O)n32)c1. The molecule has 6 heteroatoms. The predicted molar refractivity (Wildman–Crippen MR) is 101 cm³/mol. The first-order chi connectivity index (χ1) is 12.7. The van der Waals surface area contributed by atoms with Crippen molar-refractivity contribution >= 4 is 17.8 Å². The van der Waals surface area contributed by atoms with Crippen LogP contribution in [-0.4, -0.2) is 26.3 Å². The van der Waals surface area contributed by atoms with E-state index >= 15 is 0 Å². The summed E-state index contributed by atoms with van der Waals surface area (Å²) in [6.07, 6.45) is 8.97. The summed E-state index contributed by atoms with van der Waals surface area (Å²) in [5.41, 5.74) is 2.78. The number of benzene rings is 1. The highest BCUT2D eigenvalue weighted by Crippen LogP contribution is 2.17. The average Bonchev–Trinajstić information content (AvgIpc) is 3.12. The lowest BCUT2D eigenvalue weighted by molar-refractivity contribution is 0.414. The van der Waals surface area contributed by atoms with Gasteiger partial charge in [-0.1, -0.05) is 18.2 Å². The van der Waals surface area contributed by atoms with Gasteiger partial charge < -0.3 is 4.74 Å². The highest BCUT2D eigenvalue weighted by atomic mass is 16.5. The van der Waals surface area contributed by atoms with Gasteiger partial charge in [0, 0.05) is 36.8 Å². The van der Waals surface area contributed by atoms with Crippen LogP contribution in [0.15, 0.2) is 71.9 Å². The Morgan fingerprint density at radius 2 is 2.00 bits per heavy atom. The van der Waals surface area contributed by atoms with Crippen molar-refractivity contribution in [2.45, 2.75) is 0 Å². The van der Waals surface area contributed by atoms with Gasteiger partial charge in [-0.05, 0) is 29.8 Å². The smallest absolute Gasteiger partial charge is 0.273 e. The molecular weight excluding hydrogens is 328 g/mol. The van der Waals surface area contributed by atoms with Crippen molar-refractivity contribution in [2.24, 2.45) is 0 Å². The van der Waals surface area contributed by atoms with Gasteiger partial charge in [-0.15, -0.1) is 0 Å². The zero-order chi connectivity index (χ0) is 17.9. The minimum atomic E-state index is -0.159. The Bertz CT molecular complexity index is 1140. The average molecular weight is 344 g/mol. The van der Waals surface area contributed by atoms with E-state index in [2.05, 4.69) is 9.97 Å². The minimum Gasteiger partial charge on any atom is -0.497 e. The maximum atomic E-state index is 12.6. The molecule has 0 saturated carbocycles. The molecule has 0 amide bonds. The molecule has 0 fully saturated rings. The molecule has 3 heterocycles. The third-order valence-corrected chi connectivity index (χ3v) is 3.97. The summed E-state index contributed by atoms with van der Waals surface area (Å²) in [6, 6.07) is 14.6. The van der Waals surface area contributed by atoms with E-state index in [4.69, 9.17) is 4.74 Å². The second kappa shape index (κ2) is 6.68. The zero-order valence-electron chi connectivity index (χ0n) is 14.1. The van der Waals surface area contributed by atoms with Crippen molar-refractivity contribution in [3.63, 3.8) is 0 Å². The van der Waals surface area contributed by atoms with Crippen molar-refractivity contribution in [3.8, 4) is 11.4 Å². The number of methoxy groups -OCH3 is 1. The molecular formula is C20H16N4O2. The summed E-state index contributed by atoms with van der Waals surface area (Å²) in [6.45, 7) is 0. The molecule has 0 atom stereocenters. The van der Waals surface area contributed by atoms with Gasteiger partial charge in [0.2, 0.25) is 0 Å². The van der Waals surface area contributed by atoms with Crippen molar-refractivity contribution in [3.05, 3.63) is 88.7 Å². The Labute approximate surface area is 149 Å². The molecule has 1 aromatic carbocycles. The lowest BCUT2D eigenvalue weighted by atomic mass is 10.2. The van der Waals surface area contributed by atoms with E-state index in [-0.39, 0.29) is 5.56 Å². The van der Waals surface area contributed by atoms with Crippen LogP contribution in [0, 0.1) is 0 Å². The lowest BCUT2D eigenvalue weighted by Gasteiger charge is -2.08. The minimum absolute atomic E-state index is 0.159. The quantitative estimate of drug-likeness (QED) is 0.571. The first-order valence-electron chi connectivity index (χ1n) is 8.08. The molecule has 0 saturated heterocycles. The van der Waals surface area contributed by atoms with E-state index in [1.54, 1.807) is 30.3 Å². The summed E-state index contributed by atoms with van der Waals surface area (Å²) < 4.78 is 8.53. The fourth-order valence-electron chi connectivity index (χ4n) is 2.74. The molecule has 0 aliphatic rings. The standard InChI is InChI=1S/C20H16N4O2/c1-26-18-6-2-5-17(13-18)23-11-9-19-22-16(12-20(25)24(19)23)8-7-15-4-3-10-21-14-15/h2-14H,1H3/b8-7+. The maximum absolute atomic E-state index is 12.6. The largest absolute Gasteiger partial charge is 0.497 e. The van der Waals surface area contributed by atoms with Crippen LogP contribution >= 0.6 is 0 Å². The van der Waals surface area contributed by atoms with Gasteiger partial charge in [-0.25, -0.2) is 4.98 Å². The van der Waals surface area contributed by atoms with Crippen LogP contribution in [-0.2, 0) is 0 Å². The van der Waals surface area contributed by atoms with Crippen LogP contribution in [0.4, 0.5) is 0 Å². The first-order valence-corrected chi connectivity index (χ1v) is 8.08. The van der Waals surface area contributed by atoms with Gasteiger partial charge in [-0.3, -0.25) is 14.5 Å². The van der Waals surface area contributed by atoms with Crippen molar-refractivity contribution in [1.29, 1.82) is 0 Å². The van der Waals surface area contributed by atoms with Crippen LogP contribution in [0.2, 0.25) is 0 Å². The third kappa shape index (κ3) is 3.00. The number of hydrogen-bond acceptors (Lipinski definition) is 4. The van der Waals surface area contributed by atoms with Gasteiger partial charge in [0.15, 0.2) is 5.65 Å². The second-order valence-corrected chi connectivity index (χ2v) is 5.67. The number of aromatic nitrogens is 4. The van der Waals surface area contributed by atoms with Crippen molar-refractivity contribution in [2.75, 3.05) is 7.11 Å². The van der Waals surface area contributed by atoms with Crippen molar-refractivity contribution in [1.82, 2.24) is 19.2 Å². The molecule has 0 spiro atoms. The maximum Gasteiger partial charge on any atom is 0.273 e. The zero-order valence-corrected chi connectivity index (χ0v) is 14.1.